The van der Waals surface area contributed by atoms with E-state index in [1.807, 2.05) is 6.07 Å². The van der Waals surface area contributed by atoms with Crippen LogP contribution in [-0.2, 0) is 15.3 Å². The van der Waals surface area contributed by atoms with Crippen molar-refractivity contribution in [1.29, 1.82) is 0 Å². The van der Waals surface area contributed by atoms with E-state index in [4.69, 9.17) is 4.18 Å². The molecule has 1 saturated carbocycles. The Bertz CT molecular complexity index is 342. The van der Waals surface area contributed by atoms with Crippen LogP contribution in [0, 0.1) is 0 Å². The maximum absolute atomic E-state index is 13.2. The summed E-state index contributed by atoms with van der Waals surface area (Å²) in [6, 6.07) is 8.86. The molecule has 2 nitrogen and oxygen atoms in total. The molecule has 1 aliphatic rings. The van der Waals surface area contributed by atoms with Crippen molar-refractivity contribution in [2.24, 2.45) is 0 Å². The highest BCUT2D eigenvalue weighted by molar-refractivity contribution is 7.80. The molecule has 0 N–H and O–H groups in total. The molecule has 0 aromatic heterocycles. The van der Waals surface area contributed by atoms with Gasteiger partial charge in [-0.05, 0) is 31.4 Å². The van der Waals surface area contributed by atoms with Gasteiger partial charge in [-0.2, -0.15) is 0 Å². The molecular formula is C11H13FO2S. The Morgan fingerprint density at radius 2 is 2.00 bits per heavy atom. The topological polar surface area (TPSA) is 26.3 Å². The number of hydrogen-bond donors (Lipinski definition) is 0. The quantitative estimate of drug-likeness (QED) is 0.795. The number of halogens is 1. The molecule has 0 heterocycles. The van der Waals surface area contributed by atoms with Crippen LogP contribution in [0.2, 0.25) is 0 Å². The molecule has 4 heteroatoms. The SMILES string of the molecule is O=S(O[C@H]1CCC[C@@H]1F)c1ccccc1. The summed E-state index contributed by atoms with van der Waals surface area (Å²) in [7, 11) is 0. The van der Waals surface area contributed by atoms with Gasteiger partial charge in [0.15, 0.2) is 11.1 Å². The van der Waals surface area contributed by atoms with E-state index in [-0.39, 0.29) is 0 Å². The highest BCUT2D eigenvalue weighted by Gasteiger charge is 2.29. The minimum absolute atomic E-state index is 0.494. The van der Waals surface area contributed by atoms with Crippen LogP contribution in [0.5, 0.6) is 0 Å². The van der Waals surface area contributed by atoms with Gasteiger partial charge < -0.3 is 0 Å². The van der Waals surface area contributed by atoms with Gasteiger partial charge >= 0.3 is 0 Å². The van der Waals surface area contributed by atoms with Crippen LogP contribution in [0.1, 0.15) is 19.3 Å². The lowest BCUT2D eigenvalue weighted by Crippen LogP contribution is -2.20. The fourth-order valence-corrected chi connectivity index (χ4v) is 2.62. The first-order valence-electron chi connectivity index (χ1n) is 5.05. The first kappa shape index (κ1) is 10.8. The maximum atomic E-state index is 13.2. The summed E-state index contributed by atoms with van der Waals surface area (Å²) in [5.74, 6) is 0. The third-order valence-electron chi connectivity index (χ3n) is 2.52. The van der Waals surface area contributed by atoms with Crippen molar-refractivity contribution >= 4 is 11.1 Å². The van der Waals surface area contributed by atoms with E-state index in [0.29, 0.717) is 17.7 Å². The summed E-state index contributed by atoms with van der Waals surface area (Å²) in [5.41, 5.74) is 0. The summed E-state index contributed by atoms with van der Waals surface area (Å²) in [4.78, 5) is 0.594. The predicted octanol–water partition coefficient (Wildman–Crippen LogP) is 2.62. The lowest BCUT2D eigenvalue weighted by atomic mass is 10.3. The summed E-state index contributed by atoms with van der Waals surface area (Å²) >= 11 is -1.53. The van der Waals surface area contributed by atoms with E-state index in [9.17, 15) is 8.60 Å². The smallest absolute Gasteiger partial charge is 0.189 e. The zero-order valence-electron chi connectivity index (χ0n) is 8.27. The van der Waals surface area contributed by atoms with E-state index in [2.05, 4.69) is 0 Å². The number of hydrogen-bond acceptors (Lipinski definition) is 2. The first-order chi connectivity index (χ1) is 7.27. The molecule has 1 aromatic carbocycles. The average Bonchev–Trinajstić information content (AvgIpc) is 2.66. The van der Waals surface area contributed by atoms with Crippen LogP contribution in [0.25, 0.3) is 0 Å². The predicted molar refractivity (Wildman–Crippen MR) is 56.5 cm³/mol. The molecule has 1 fully saturated rings. The standard InChI is InChI=1S/C11H13FO2S/c12-10-7-4-8-11(10)14-15(13)9-5-2-1-3-6-9/h1-3,5-6,10-11H,4,7-8H2/t10-,11-,15?/m0/s1. The fraction of sp³-hybridized carbons (Fsp3) is 0.455. The van der Waals surface area contributed by atoms with Crippen LogP contribution in [-0.4, -0.2) is 16.5 Å². The molecule has 0 spiro atoms. The lowest BCUT2D eigenvalue weighted by Gasteiger charge is -2.12. The molecular weight excluding hydrogens is 215 g/mol. The third kappa shape index (κ3) is 2.63. The summed E-state index contributed by atoms with van der Waals surface area (Å²) < 4.78 is 30.1. The van der Waals surface area contributed by atoms with Gasteiger partial charge in [0.1, 0.15) is 12.3 Å². The van der Waals surface area contributed by atoms with Crippen LogP contribution >= 0.6 is 0 Å². The summed E-state index contributed by atoms with van der Waals surface area (Å²) in [5, 5.41) is 0. The lowest BCUT2D eigenvalue weighted by molar-refractivity contribution is 0.140. The van der Waals surface area contributed by atoms with E-state index in [0.717, 1.165) is 6.42 Å². The van der Waals surface area contributed by atoms with Crippen LogP contribution in [0.3, 0.4) is 0 Å². The molecule has 2 rings (SSSR count). The monoisotopic (exact) mass is 228 g/mol. The Labute approximate surface area is 91.1 Å². The Morgan fingerprint density at radius 3 is 2.60 bits per heavy atom. The van der Waals surface area contributed by atoms with Crippen molar-refractivity contribution in [3.63, 3.8) is 0 Å². The van der Waals surface area contributed by atoms with E-state index >= 15 is 0 Å². The normalized spacial score (nSPS) is 27.8. The number of rotatable bonds is 3. The van der Waals surface area contributed by atoms with Crippen LogP contribution < -0.4 is 0 Å². The second kappa shape index (κ2) is 4.86. The van der Waals surface area contributed by atoms with Gasteiger partial charge in [0.25, 0.3) is 0 Å². The summed E-state index contributed by atoms with van der Waals surface area (Å²) in [6.45, 7) is 0. The maximum Gasteiger partial charge on any atom is 0.189 e. The molecule has 1 aliphatic carbocycles. The van der Waals surface area contributed by atoms with Crippen molar-refractivity contribution in [3.8, 4) is 0 Å². The van der Waals surface area contributed by atoms with Gasteiger partial charge in [-0.3, -0.25) is 4.18 Å². The average molecular weight is 228 g/mol. The van der Waals surface area contributed by atoms with Crippen molar-refractivity contribution in [3.05, 3.63) is 30.3 Å². The van der Waals surface area contributed by atoms with E-state index < -0.39 is 23.4 Å². The molecule has 0 amide bonds. The van der Waals surface area contributed by atoms with E-state index in [1.165, 1.54) is 0 Å². The summed E-state index contributed by atoms with van der Waals surface area (Å²) in [6.07, 6.45) is 0.553. The van der Waals surface area contributed by atoms with Crippen LogP contribution in [0.4, 0.5) is 4.39 Å². The molecule has 3 atom stereocenters. The Morgan fingerprint density at radius 1 is 1.27 bits per heavy atom. The second-order valence-electron chi connectivity index (χ2n) is 3.63. The highest BCUT2D eigenvalue weighted by Crippen LogP contribution is 2.26. The molecule has 15 heavy (non-hydrogen) atoms. The van der Waals surface area contributed by atoms with Gasteiger partial charge in [-0.1, -0.05) is 18.2 Å². The number of alkyl halides is 1. The van der Waals surface area contributed by atoms with Gasteiger partial charge in [0.05, 0.1) is 4.90 Å². The van der Waals surface area contributed by atoms with Crippen molar-refractivity contribution in [2.75, 3.05) is 0 Å². The molecule has 0 saturated heterocycles. The fourth-order valence-electron chi connectivity index (χ4n) is 1.69. The third-order valence-corrected chi connectivity index (χ3v) is 3.60. The Kier molecular flexibility index (Phi) is 3.49. The highest BCUT2D eigenvalue weighted by atomic mass is 32.2. The van der Waals surface area contributed by atoms with Crippen LogP contribution in [0.15, 0.2) is 35.2 Å². The van der Waals surface area contributed by atoms with Gasteiger partial charge in [0.2, 0.25) is 0 Å². The molecule has 0 bridgehead atoms. The minimum Gasteiger partial charge on any atom is -0.280 e. The van der Waals surface area contributed by atoms with Gasteiger partial charge in [0, 0.05) is 0 Å². The number of benzene rings is 1. The molecule has 1 unspecified atom stereocenters. The zero-order chi connectivity index (χ0) is 10.7. The molecule has 0 aliphatic heterocycles. The molecule has 82 valence electrons. The van der Waals surface area contributed by atoms with Crippen molar-refractivity contribution in [2.45, 2.75) is 36.4 Å². The largest absolute Gasteiger partial charge is 0.280 e. The molecule has 1 aromatic rings. The second-order valence-corrected chi connectivity index (χ2v) is 4.76. The van der Waals surface area contributed by atoms with Crippen molar-refractivity contribution < 1.29 is 12.8 Å². The van der Waals surface area contributed by atoms with Gasteiger partial charge in [-0.15, -0.1) is 0 Å². The minimum atomic E-state index is -1.53. The Hall–Kier alpha value is -0.740. The van der Waals surface area contributed by atoms with Gasteiger partial charge in [-0.25, -0.2) is 8.60 Å². The zero-order valence-corrected chi connectivity index (χ0v) is 9.08. The van der Waals surface area contributed by atoms with E-state index in [1.54, 1.807) is 24.3 Å². The molecule has 0 radical (unpaired) electrons. The van der Waals surface area contributed by atoms with Crippen molar-refractivity contribution in [1.82, 2.24) is 0 Å². The first-order valence-corrected chi connectivity index (χ1v) is 6.13. The Balaban J connectivity index is 1.98.